The van der Waals surface area contributed by atoms with Gasteiger partial charge in [-0.15, -0.1) is 0 Å². The second-order valence-corrected chi connectivity index (χ2v) is 3.27. The zero-order chi connectivity index (χ0) is 10.8. The van der Waals surface area contributed by atoms with E-state index in [1.165, 1.54) is 4.57 Å². The first-order valence-corrected chi connectivity index (χ1v) is 4.51. The summed E-state index contributed by atoms with van der Waals surface area (Å²) in [5.41, 5.74) is -0.321. The highest BCUT2D eigenvalue weighted by Gasteiger charge is 1.99. The number of nitrogens with zero attached hydrogens (tertiary/aromatic N) is 2. The van der Waals surface area contributed by atoms with Gasteiger partial charge in [-0.05, 0) is 11.5 Å². The van der Waals surface area contributed by atoms with Crippen LogP contribution in [-0.2, 0) is 7.05 Å². The number of aryl methyl sites for hydroxylation is 1. The lowest BCUT2D eigenvalue weighted by Gasteiger charge is -1.88. The maximum absolute atomic E-state index is 11.7. The number of hydrogen-bond acceptors (Lipinski definition) is 3. The van der Waals surface area contributed by atoms with E-state index in [2.05, 4.69) is 5.16 Å². The van der Waals surface area contributed by atoms with Gasteiger partial charge in [-0.1, -0.05) is 29.4 Å². The molecule has 2 rings (SSSR count). The van der Waals surface area contributed by atoms with Crippen LogP contribution in [-0.4, -0.2) is 9.77 Å². The van der Waals surface area contributed by atoms with E-state index in [9.17, 15) is 4.79 Å². The molecule has 0 atom stereocenters. The van der Waals surface area contributed by atoms with Crippen LogP contribution >= 0.6 is 0 Å². The van der Waals surface area contributed by atoms with E-state index in [0.29, 0.717) is 5.39 Å². The van der Waals surface area contributed by atoms with Crippen LogP contribution in [0, 0.1) is 0 Å². The van der Waals surface area contributed by atoms with Crippen LogP contribution in [0.2, 0.25) is 0 Å². The second-order valence-electron chi connectivity index (χ2n) is 3.27. The van der Waals surface area contributed by atoms with Crippen molar-refractivity contribution in [3.8, 4) is 0 Å². The molecule has 0 aliphatic rings. The van der Waals surface area contributed by atoms with Crippen molar-refractivity contribution in [2.75, 3.05) is 0 Å². The van der Waals surface area contributed by atoms with E-state index in [1.807, 2.05) is 18.2 Å². The molecule has 0 amide bonds. The molecule has 1 N–H and O–H groups in total. The Kier molecular flexibility index (Phi) is 2.25. The van der Waals surface area contributed by atoms with Crippen molar-refractivity contribution >= 4 is 10.8 Å². The Morgan fingerprint density at radius 1 is 1.27 bits per heavy atom. The van der Waals surface area contributed by atoms with Crippen LogP contribution < -0.4 is 10.9 Å². The minimum atomic E-state index is -0.321. The van der Waals surface area contributed by atoms with Crippen LogP contribution in [0.5, 0.6) is 0 Å². The molecule has 4 heteroatoms. The Balaban J connectivity index is 3.19. The molecule has 0 unspecified atom stereocenters. The van der Waals surface area contributed by atoms with Crippen molar-refractivity contribution in [2.24, 2.45) is 12.2 Å². The van der Waals surface area contributed by atoms with Gasteiger partial charge in [0.15, 0.2) is 5.36 Å². The van der Waals surface area contributed by atoms with E-state index in [-0.39, 0.29) is 10.9 Å². The summed E-state index contributed by atoms with van der Waals surface area (Å²) in [5, 5.41) is 13.5. The van der Waals surface area contributed by atoms with Crippen molar-refractivity contribution in [1.29, 1.82) is 0 Å². The highest BCUT2D eigenvalue weighted by molar-refractivity contribution is 5.80. The standard InChI is InChI=1S/C11H10N2O2/c1-13-7-6-8-4-2-3-5-9(8)10(12-15)11(13)14/h2-7,15H,1H3. The van der Waals surface area contributed by atoms with Crippen molar-refractivity contribution in [3.63, 3.8) is 0 Å². The minimum Gasteiger partial charge on any atom is -0.410 e. The molecule has 1 heterocycles. The minimum absolute atomic E-state index is 0.0677. The molecule has 0 saturated carbocycles. The Labute approximate surface area is 85.7 Å². The number of hydrogen-bond donors (Lipinski definition) is 1. The summed E-state index contributed by atoms with van der Waals surface area (Å²) in [7, 11) is 1.62. The SMILES string of the molecule is Cn1ccc2ccccc2c(=NO)c1=O. The largest absolute Gasteiger partial charge is 0.410 e. The van der Waals surface area contributed by atoms with Gasteiger partial charge < -0.3 is 9.77 Å². The molecule has 0 aliphatic heterocycles. The molecule has 0 spiro atoms. The lowest BCUT2D eigenvalue weighted by molar-refractivity contribution is 0.301. The summed E-state index contributed by atoms with van der Waals surface area (Å²) in [6.07, 6.45) is 1.65. The third-order valence-corrected chi connectivity index (χ3v) is 2.32. The van der Waals surface area contributed by atoms with Crippen molar-refractivity contribution in [2.45, 2.75) is 0 Å². The molecule has 2 aromatic rings. The highest BCUT2D eigenvalue weighted by atomic mass is 16.4. The molecule has 0 radical (unpaired) electrons. The van der Waals surface area contributed by atoms with Gasteiger partial charge in [-0.3, -0.25) is 4.79 Å². The van der Waals surface area contributed by atoms with Gasteiger partial charge in [-0.2, -0.15) is 0 Å². The van der Waals surface area contributed by atoms with Gasteiger partial charge in [0.2, 0.25) is 0 Å². The first-order valence-electron chi connectivity index (χ1n) is 4.51. The average molecular weight is 202 g/mol. The van der Waals surface area contributed by atoms with Gasteiger partial charge in [0, 0.05) is 18.6 Å². The van der Waals surface area contributed by atoms with Gasteiger partial charge >= 0.3 is 0 Å². The van der Waals surface area contributed by atoms with E-state index in [0.717, 1.165) is 5.39 Å². The lowest BCUT2D eigenvalue weighted by atomic mass is 10.2. The third kappa shape index (κ3) is 1.50. The van der Waals surface area contributed by atoms with Gasteiger partial charge in [0.05, 0.1) is 0 Å². The van der Waals surface area contributed by atoms with E-state index in [1.54, 1.807) is 25.4 Å². The quantitative estimate of drug-likeness (QED) is 0.508. The van der Waals surface area contributed by atoms with Crippen molar-refractivity contribution < 1.29 is 5.21 Å². The predicted octanol–water partition coefficient (Wildman–Crippen LogP) is 0.828. The van der Waals surface area contributed by atoms with Crippen LogP contribution in [0.3, 0.4) is 0 Å². The van der Waals surface area contributed by atoms with E-state index < -0.39 is 0 Å². The predicted molar refractivity (Wildman–Crippen MR) is 56.5 cm³/mol. The first kappa shape index (κ1) is 9.45. The molecule has 0 saturated heterocycles. The fourth-order valence-electron chi connectivity index (χ4n) is 1.50. The van der Waals surface area contributed by atoms with Gasteiger partial charge in [0.25, 0.3) is 5.56 Å². The molecule has 4 nitrogen and oxygen atoms in total. The summed E-state index contributed by atoms with van der Waals surface area (Å²) in [5.74, 6) is 0. The summed E-state index contributed by atoms with van der Waals surface area (Å²) >= 11 is 0. The summed E-state index contributed by atoms with van der Waals surface area (Å²) in [6, 6.07) is 9.10. The zero-order valence-corrected chi connectivity index (χ0v) is 8.21. The van der Waals surface area contributed by atoms with Crippen LogP contribution in [0.4, 0.5) is 0 Å². The van der Waals surface area contributed by atoms with Gasteiger partial charge in [0.1, 0.15) is 0 Å². The van der Waals surface area contributed by atoms with E-state index >= 15 is 0 Å². The topological polar surface area (TPSA) is 54.6 Å². The monoisotopic (exact) mass is 202 g/mol. The van der Waals surface area contributed by atoms with E-state index in [4.69, 9.17) is 5.21 Å². The second kappa shape index (κ2) is 3.57. The molecule has 1 aromatic heterocycles. The normalized spacial score (nSPS) is 11.9. The molecule has 15 heavy (non-hydrogen) atoms. The molecule has 76 valence electrons. The molecular formula is C11H10N2O2. The van der Waals surface area contributed by atoms with Crippen LogP contribution in [0.25, 0.3) is 10.8 Å². The zero-order valence-electron chi connectivity index (χ0n) is 8.21. The molecule has 1 aromatic carbocycles. The number of fused-ring (bicyclic) bond motifs is 1. The average Bonchev–Trinajstić information content (AvgIpc) is 2.38. The third-order valence-electron chi connectivity index (χ3n) is 2.32. The smallest absolute Gasteiger partial charge is 0.280 e. The molecule has 0 fully saturated rings. The fraction of sp³-hybridized carbons (Fsp3) is 0.0909. The molecule has 0 aliphatic carbocycles. The van der Waals surface area contributed by atoms with Crippen molar-refractivity contribution in [1.82, 2.24) is 4.57 Å². The lowest BCUT2D eigenvalue weighted by Crippen LogP contribution is -2.30. The van der Waals surface area contributed by atoms with Crippen molar-refractivity contribution in [3.05, 3.63) is 52.2 Å². The maximum Gasteiger partial charge on any atom is 0.280 e. The molecular weight excluding hydrogens is 192 g/mol. The fourth-order valence-corrected chi connectivity index (χ4v) is 1.50. The maximum atomic E-state index is 11.7. The Bertz CT molecular complexity index is 629. The van der Waals surface area contributed by atoms with Crippen LogP contribution in [0.15, 0.2) is 46.5 Å². The number of aromatic nitrogens is 1. The first-order chi connectivity index (χ1) is 7.24. The Morgan fingerprint density at radius 3 is 2.73 bits per heavy atom. The Hall–Kier alpha value is -2.10. The summed E-state index contributed by atoms with van der Waals surface area (Å²) < 4.78 is 1.38. The Morgan fingerprint density at radius 2 is 2.00 bits per heavy atom. The number of rotatable bonds is 0. The highest BCUT2D eigenvalue weighted by Crippen LogP contribution is 2.05. The van der Waals surface area contributed by atoms with Crippen LogP contribution in [0.1, 0.15) is 0 Å². The number of benzene rings is 1. The van der Waals surface area contributed by atoms with Gasteiger partial charge in [-0.25, -0.2) is 0 Å². The summed E-state index contributed by atoms with van der Waals surface area (Å²) in [4.78, 5) is 11.7. The summed E-state index contributed by atoms with van der Waals surface area (Å²) in [6.45, 7) is 0. The molecule has 0 bridgehead atoms.